The van der Waals surface area contributed by atoms with Gasteiger partial charge in [0.1, 0.15) is 26.4 Å². The van der Waals surface area contributed by atoms with Gasteiger partial charge >= 0.3 is 24.1 Å². The number of ether oxygens (including phenoxy) is 4. The smallest absolute Gasteiger partial charge is 0.407 e. The van der Waals surface area contributed by atoms with Gasteiger partial charge in [-0.15, -0.1) is 0 Å². The molecule has 0 unspecified atom stereocenters. The molecule has 53 heavy (non-hydrogen) atoms. The van der Waals surface area contributed by atoms with Gasteiger partial charge in [0.2, 0.25) is 0 Å². The number of nitrogens with zero attached hydrogens (tertiary/aromatic N) is 2. The summed E-state index contributed by atoms with van der Waals surface area (Å²) >= 11 is 0. The number of aliphatic imine (C=N–C) groups is 2. The van der Waals surface area contributed by atoms with Crippen LogP contribution in [0.1, 0.15) is 129 Å². The van der Waals surface area contributed by atoms with Crippen molar-refractivity contribution in [3.05, 3.63) is 24.3 Å². The van der Waals surface area contributed by atoms with E-state index < -0.39 is 24.1 Å². The number of rotatable bonds is 16. The zero-order valence-corrected chi connectivity index (χ0v) is 32.2. The van der Waals surface area contributed by atoms with Crippen molar-refractivity contribution in [1.29, 1.82) is 0 Å². The lowest BCUT2D eigenvalue weighted by molar-refractivity contribution is -0.140. The van der Waals surface area contributed by atoms with Crippen molar-refractivity contribution in [2.45, 2.75) is 154 Å². The van der Waals surface area contributed by atoms with E-state index in [1.54, 1.807) is 13.8 Å². The van der Waals surface area contributed by atoms with Crippen LogP contribution in [-0.4, -0.2) is 80.7 Å². The third kappa shape index (κ3) is 16.1. The highest BCUT2D eigenvalue weighted by atomic mass is 16.6. The minimum Gasteiger partial charge on any atom is -0.459 e. The van der Waals surface area contributed by atoms with Crippen molar-refractivity contribution < 1.29 is 38.1 Å². The first-order valence-electron chi connectivity index (χ1n) is 20.2. The van der Waals surface area contributed by atoms with Crippen molar-refractivity contribution in [3.63, 3.8) is 0 Å². The molecule has 0 atom stereocenters. The third-order valence-corrected chi connectivity index (χ3v) is 11.6. The van der Waals surface area contributed by atoms with E-state index >= 15 is 0 Å². The average molecular weight is 741 g/mol. The topological polar surface area (TPSA) is 154 Å². The highest BCUT2D eigenvalue weighted by Gasteiger charge is 2.29. The lowest BCUT2D eigenvalue weighted by Crippen LogP contribution is -2.38. The average Bonchev–Trinajstić information content (AvgIpc) is 3.14. The Bertz CT molecular complexity index is 1190. The van der Waals surface area contributed by atoms with Crippen molar-refractivity contribution in [2.24, 2.45) is 33.7 Å². The molecule has 4 fully saturated rings. The molecule has 2 N–H and O–H groups in total. The van der Waals surface area contributed by atoms with Crippen LogP contribution in [-0.2, 0) is 28.5 Å². The molecule has 0 aromatic rings. The Hall–Kier alpha value is -3.66. The molecule has 0 aromatic heterocycles. The zero-order chi connectivity index (χ0) is 38.0. The quantitative estimate of drug-likeness (QED) is 0.0533. The molecule has 12 heteroatoms. The highest BCUT2D eigenvalue weighted by molar-refractivity contribution is 5.87. The lowest BCUT2D eigenvalue weighted by atomic mass is 9.76. The molecule has 12 nitrogen and oxygen atoms in total. The standard InChI is InChI=1S/C41H64N4O8/c1-28(2)38(46)50-21-23-52-40(48)44-36-17-9-32(10-18-36)25-30-5-13-34(14-6-30)42-27-43-35-15-7-31(8-16-35)26-33-11-19-37(20-12-33)45-41(49)53-24-22-51-39(47)29(3)4/h30-37H,1,3,5-26H2,2,4H3,(H,44,48)(H,45,49). The second-order valence-corrected chi connectivity index (χ2v) is 16.0. The van der Waals surface area contributed by atoms with E-state index in [-0.39, 0.29) is 38.5 Å². The molecule has 0 aromatic carbocycles. The first-order valence-corrected chi connectivity index (χ1v) is 20.2. The molecule has 0 heterocycles. The molecule has 0 aliphatic heterocycles. The van der Waals surface area contributed by atoms with Gasteiger partial charge in [-0.3, -0.25) is 0 Å². The van der Waals surface area contributed by atoms with E-state index in [0.29, 0.717) is 35.1 Å². The van der Waals surface area contributed by atoms with E-state index in [2.05, 4.69) is 29.8 Å². The maximum atomic E-state index is 12.1. The Morgan fingerprint density at radius 1 is 0.509 bits per heavy atom. The van der Waals surface area contributed by atoms with Crippen LogP contribution in [0.25, 0.3) is 0 Å². The SMILES string of the molecule is C=C(C)C(=O)OCCOC(=O)NC1CCC(CC2CCC(N=C=NC3CCC(CC4CCC(NC(=O)OCCOC(=O)C(=C)C)CC4)CC3)CC2)CC1. The number of amides is 2. The van der Waals surface area contributed by atoms with Crippen LogP contribution in [0.5, 0.6) is 0 Å². The molecule has 4 saturated carbocycles. The van der Waals surface area contributed by atoms with E-state index in [0.717, 1.165) is 88.9 Å². The third-order valence-electron chi connectivity index (χ3n) is 11.6. The van der Waals surface area contributed by atoms with Crippen LogP contribution in [0, 0.1) is 23.7 Å². The second kappa shape index (κ2) is 22.5. The van der Waals surface area contributed by atoms with Gasteiger partial charge in [-0.2, -0.15) is 0 Å². The fourth-order valence-corrected chi connectivity index (χ4v) is 8.44. The summed E-state index contributed by atoms with van der Waals surface area (Å²) in [5.74, 6) is 1.99. The normalized spacial score (nSPS) is 28.6. The second-order valence-electron chi connectivity index (χ2n) is 16.0. The van der Waals surface area contributed by atoms with Gasteiger partial charge in [-0.25, -0.2) is 29.2 Å². The summed E-state index contributed by atoms with van der Waals surface area (Å²) in [5, 5.41) is 5.93. The number of hydrogen-bond donors (Lipinski definition) is 2. The maximum Gasteiger partial charge on any atom is 0.407 e. The minimum absolute atomic E-state index is 0.0301. The van der Waals surface area contributed by atoms with Gasteiger partial charge in [0.05, 0.1) is 18.1 Å². The van der Waals surface area contributed by atoms with Crippen molar-refractivity contribution in [1.82, 2.24) is 10.6 Å². The molecule has 296 valence electrons. The Balaban J connectivity index is 0.998. The van der Waals surface area contributed by atoms with Gasteiger partial charge in [0.25, 0.3) is 0 Å². The lowest BCUT2D eigenvalue weighted by Gasteiger charge is -2.33. The molecule has 4 aliphatic carbocycles. The number of carbonyl (C=O) groups excluding carboxylic acids is 4. The van der Waals surface area contributed by atoms with Crippen LogP contribution in [0.3, 0.4) is 0 Å². The Morgan fingerprint density at radius 2 is 0.811 bits per heavy atom. The predicted octanol–water partition coefficient (Wildman–Crippen LogP) is 7.87. The molecule has 4 rings (SSSR count). The van der Waals surface area contributed by atoms with E-state index in [1.807, 2.05) is 0 Å². The van der Waals surface area contributed by atoms with Crippen LogP contribution in [0.4, 0.5) is 9.59 Å². The summed E-state index contributed by atoms with van der Waals surface area (Å²) < 4.78 is 20.2. The molecule has 0 saturated heterocycles. The number of esters is 2. The highest BCUT2D eigenvalue weighted by Crippen LogP contribution is 2.37. The van der Waals surface area contributed by atoms with E-state index in [4.69, 9.17) is 28.9 Å². The molecular weight excluding hydrogens is 676 g/mol. The van der Waals surface area contributed by atoms with Gasteiger partial charge in [0.15, 0.2) is 0 Å². The van der Waals surface area contributed by atoms with Gasteiger partial charge < -0.3 is 29.6 Å². The molecule has 2 amide bonds. The Labute approximate surface area is 316 Å². The number of carbonyl (C=O) groups is 4. The first kappa shape index (κ1) is 42.1. The van der Waals surface area contributed by atoms with Gasteiger partial charge in [0, 0.05) is 23.2 Å². The van der Waals surface area contributed by atoms with Crippen molar-refractivity contribution in [3.8, 4) is 0 Å². The predicted molar refractivity (Wildman–Crippen MR) is 203 cm³/mol. The van der Waals surface area contributed by atoms with Crippen molar-refractivity contribution >= 4 is 30.1 Å². The fraction of sp³-hybridized carbons (Fsp3) is 0.780. The molecule has 4 aliphatic rings. The molecule has 0 spiro atoms. The summed E-state index contributed by atoms with van der Waals surface area (Å²) in [5.41, 5.74) is 0.647. The number of hydrogen-bond acceptors (Lipinski definition) is 10. The number of alkyl carbamates (subject to hydrolysis) is 2. The van der Waals surface area contributed by atoms with Crippen LogP contribution >= 0.6 is 0 Å². The van der Waals surface area contributed by atoms with Crippen LogP contribution in [0.15, 0.2) is 34.3 Å². The monoisotopic (exact) mass is 740 g/mol. The first-order chi connectivity index (χ1) is 25.5. The summed E-state index contributed by atoms with van der Waals surface area (Å²) in [6, 6.07) is 4.10. The van der Waals surface area contributed by atoms with Gasteiger partial charge in [-0.1, -0.05) is 13.2 Å². The number of nitrogens with one attached hydrogen (secondary N) is 2. The largest absolute Gasteiger partial charge is 0.459 e. The fourth-order valence-electron chi connectivity index (χ4n) is 8.44. The van der Waals surface area contributed by atoms with E-state index in [1.165, 1.54) is 38.5 Å². The molecule has 0 bridgehead atoms. The minimum atomic E-state index is -0.478. The molecular formula is C41H64N4O8. The van der Waals surface area contributed by atoms with Crippen molar-refractivity contribution in [2.75, 3.05) is 26.4 Å². The van der Waals surface area contributed by atoms with Crippen LogP contribution in [0.2, 0.25) is 0 Å². The Kier molecular flexibility index (Phi) is 17.9. The Morgan fingerprint density at radius 3 is 1.13 bits per heavy atom. The summed E-state index contributed by atoms with van der Waals surface area (Å²) in [6.45, 7) is 10.3. The molecule has 0 radical (unpaired) electrons. The summed E-state index contributed by atoms with van der Waals surface area (Å²) in [7, 11) is 0. The zero-order valence-electron chi connectivity index (χ0n) is 32.2. The maximum absolute atomic E-state index is 12.1. The van der Waals surface area contributed by atoms with Gasteiger partial charge in [-0.05, 0) is 153 Å². The van der Waals surface area contributed by atoms with E-state index in [9.17, 15) is 19.2 Å². The summed E-state index contributed by atoms with van der Waals surface area (Å²) in [4.78, 5) is 56.5. The summed E-state index contributed by atoms with van der Waals surface area (Å²) in [6.07, 6.45) is 19.4. The van der Waals surface area contributed by atoms with Crippen LogP contribution < -0.4 is 10.6 Å².